The van der Waals surface area contributed by atoms with Crippen LogP contribution in [0, 0.1) is 19.8 Å². The Hall–Kier alpha value is -1.57. The summed E-state index contributed by atoms with van der Waals surface area (Å²) in [5, 5.41) is 6.23. The number of nitrogens with two attached hydrogens (primary N) is 1. The second-order valence-electron chi connectivity index (χ2n) is 6.58. The lowest BCUT2D eigenvalue weighted by Crippen LogP contribution is -2.48. The van der Waals surface area contributed by atoms with Crippen molar-refractivity contribution in [2.45, 2.75) is 20.3 Å². The van der Waals surface area contributed by atoms with Crippen LogP contribution >= 0.6 is 0 Å². The number of anilines is 1. The van der Waals surface area contributed by atoms with Crippen molar-refractivity contribution in [1.82, 2.24) is 9.29 Å². The molecule has 0 atom stereocenters. The standard InChI is InChI=1S/C16H24N4O2S/c1-11-6-14-15(7-12(11)2)19(3)10-16(14)20-8-13(9-20)4-5-18-23(17,21)22/h6-7,10,13,18H,4-5,8-9H2,1-3H3,(H2,17,21,22). The van der Waals surface area contributed by atoms with Gasteiger partial charge in [-0.05, 0) is 49.4 Å². The summed E-state index contributed by atoms with van der Waals surface area (Å²) < 4.78 is 26.3. The highest BCUT2D eigenvalue weighted by Gasteiger charge is 2.28. The molecule has 1 aliphatic heterocycles. The van der Waals surface area contributed by atoms with Crippen LogP contribution in [-0.4, -0.2) is 32.6 Å². The fourth-order valence-electron chi connectivity index (χ4n) is 3.23. The normalized spacial score (nSPS) is 16.1. The lowest BCUT2D eigenvalue weighted by atomic mass is 9.95. The second kappa shape index (κ2) is 5.81. The van der Waals surface area contributed by atoms with Crippen molar-refractivity contribution in [1.29, 1.82) is 0 Å². The van der Waals surface area contributed by atoms with E-state index >= 15 is 0 Å². The molecule has 23 heavy (non-hydrogen) atoms. The van der Waals surface area contributed by atoms with E-state index in [4.69, 9.17) is 5.14 Å². The number of nitrogens with zero attached hydrogens (tertiary/aromatic N) is 2. The molecule has 0 saturated carbocycles. The van der Waals surface area contributed by atoms with Crippen LogP contribution in [-0.2, 0) is 17.3 Å². The molecule has 1 fully saturated rings. The molecule has 3 rings (SSSR count). The SMILES string of the molecule is Cc1cc2c(N3CC(CCNS(N)(=O)=O)C3)cn(C)c2cc1C. The minimum atomic E-state index is -3.57. The summed E-state index contributed by atoms with van der Waals surface area (Å²) in [6, 6.07) is 4.50. The van der Waals surface area contributed by atoms with Crippen LogP contribution in [0.1, 0.15) is 17.5 Å². The van der Waals surface area contributed by atoms with Gasteiger partial charge in [0.25, 0.3) is 10.2 Å². The molecule has 0 aliphatic carbocycles. The van der Waals surface area contributed by atoms with Crippen LogP contribution in [0.15, 0.2) is 18.3 Å². The smallest absolute Gasteiger partial charge is 0.274 e. The first kappa shape index (κ1) is 16.3. The van der Waals surface area contributed by atoms with Gasteiger partial charge in [0.15, 0.2) is 0 Å². The summed E-state index contributed by atoms with van der Waals surface area (Å²) in [4.78, 5) is 2.36. The minimum absolute atomic E-state index is 0.408. The topological polar surface area (TPSA) is 80.4 Å². The summed E-state index contributed by atoms with van der Waals surface area (Å²) in [6.07, 6.45) is 3.00. The highest BCUT2D eigenvalue weighted by Crippen LogP contribution is 2.35. The van der Waals surface area contributed by atoms with Crippen molar-refractivity contribution in [3.05, 3.63) is 29.5 Å². The molecular weight excluding hydrogens is 312 g/mol. The lowest BCUT2D eigenvalue weighted by molar-refractivity contribution is 0.385. The third kappa shape index (κ3) is 3.36. The third-order valence-electron chi connectivity index (χ3n) is 4.74. The van der Waals surface area contributed by atoms with Gasteiger partial charge in [-0.15, -0.1) is 0 Å². The molecule has 0 unspecified atom stereocenters. The molecule has 2 aromatic rings. The van der Waals surface area contributed by atoms with Crippen LogP contribution in [0.5, 0.6) is 0 Å². The molecule has 1 aliphatic rings. The molecule has 7 heteroatoms. The Labute approximate surface area is 137 Å². The number of benzene rings is 1. The lowest BCUT2D eigenvalue weighted by Gasteiger charge is -2.41. The maximum atomic E-state index is 10.9. The van der Waals surface area contributed by atoms with Crippen LogP contribution in [0.25, 0.3) is 10.9 Å². The first-order valence-corrected chi connectivity index (χ1v) is 9.38. The molecule has 0 amide bonds. The Morgan fingerprint density at radius 3 is 2.57 bits per heavy atom. The predicted octanol–water partition coefficient (Wildman–Crippen LogP) is 1.41. The number of aromatic nitrogens is 1. The Balaban J connectivity index is 1.68. The largest absolute Gasteiger partial charge is 0.369 e. The van der Waals surface area contributed by atoms with Crippen LogP contribution in [0.4, 0.5) is 5.69 Å². The van der Waals surface area contributed by atoms with E-state index in [9.17, 15) is 8.42 Å². The quantitative estimate of drug-likeness (QED) is 0.866. The number of aryl methyl sites for hydroxylation is 3. The predicted molar refractivity (Wildman–Crippen MR) is 93.8 cm³/mol. The van der Waals surface area contributed by atoms with Crippen molar-refractivity contribution < 1.29 is 8.42 Å². The fraction of sp³-hybridized carbons (Fsp3) is 0.500. The van der Waals surface area contributed by atoms with Gasteiger partial charge in [-0.1, -0.05) is 0 Å². The first-order valence-electron chi connectivity index (χ1n) is 7.83. The molecule has 0 radical (unpaired) electrons. The van der Waals surface area contributed by atoms with E-state index in [0.717, 1.165) is 19.5 Å². The molecule has 2 heterocycles. The number of rotatable bonds is 5. The van der Waals surface area contributed by atoms with Gasteiger partial charge in [0, 0.05) is 38.3 Å². The van der Waals surface area contributed by atoms with Crippen molar-refractivity contribution in [2.75, 3.05) is 24.5 Å². The second-order valence-corrected chi connectivity index (χ2v) is 7.96. The van der Waals surface area contributed by atoms with Crippen LogP contribution in [0.2, 0.25) is 0 Å². The van der Waals surface area contributed by atoms with Crippen molar-refractivity contribution in [3.8, 4) is 0 Å². The zero-order chi connectivity index (χ0) is 16.8. The van der Waals surface area contributed by atoms with E-state index in [1.807, 2.05) is 0 Å². The third-order valence-corrected chi connectivity index (χ3v) is 5.34. The number of hydrogen-bond acceptors (Lipinski definition) is 3. The average molecular weight is 336 g/mol. The molecular formula is C16H24N4O2S. The fourth-order valence-corrected chi connectivity index (χ4v) is 3.63. The zero-order valence-corrected chi connectivity index (χ0v) is 14.7. The maximum absolute atomic E-state index is 10.9. The Bertz CT molecular complexity index is 835. The van der Waals surface area contributed by atoms with Crippen molar-refractivity contribution in [3.63, 3.8) is 0 Å². The molecule has 1 aromatic carbocycles. The van der Waals surface area contributed by atoms with Gasteiger partial charge < -0.3 is 9.47 Å². The highest BCUT2D eigenvalue weighted by atomic mass is 32.2. The van der Waals surface area contributed by atoms with E-state index in [1.165, 1.54) is 27.7 Å². The molecule has 6 nitrogen and oxygen atoms in total. The van der Waals surface area contributed by atoms with Gasteiger partial charge in [-0.2, -0.15) is 8.42 Å². The summed E-state index contributed by atoms with van der Waals surface area (Å²) in [5.41, 5.74) is 5.13. The average Bonchev–Trinajstić information content (AvgIpc) is 2.69. The highest BCUT2D eigenvalue weighted by molar-refractivity contribution is 7.87. The minimum Gasteiger partial charge on any atom is -0.369 e. The Kier molecular flexibility index (Phi) is 4.12. The summed E-state index contributed by atoms with van der Waals surface area (Å²) in [6.45, 7) is 6.60. The van der Waals surface area contributed by atoms with Gasteiger partial charge in [-0.3, -0.25) is 0 Å². The number of fused-ring (bicyclic) bond motifs is 1. The first-order chi connectivity index (χ1) is 10.7. The zero-order valence-electron chi connectivity index (χ0n) is 13.8. The van der Waals surface area contributed by atoms with Gasteiger partial charge in [0.05, 0.1) is 11.2 Å². The van der Waals surface area contributed by atoms with Gasteiger partial charge in [0.2, 0.25) is 0 Å². The molecule has 0 bridgehead atoms. The molecule has 1 aromatic heterocycles. The summed E-state index contributed by atoms with van der Waals surface area (Å²) in [5.74, 6) is 0.506. The van der Waals surface area contributed by atoms with E-state index in [-0.39, 0.29) is 0 Å². The molecule has 1 saturated heterocycles. The molecule has 3 N–H and O–H groups in total. The van der Waals surface area contributed by atoms with Crippen LogP contribution in [0.3, 0.4) is 0 Å². The monoisotopic (exact) mass is 336 g/mol. The number of hydrogen-bond donors (Lipinski definition) is 2. The van der Waals surface area contributed by atoms with Gasteiger partial charge >= 0.3 is 0 Å². The Morgan fingerprint density at radius 1 is 1.26 bits per heavy atom. The molecule has 0 spiro atoms. The maximum Gasteiger partial charge on any atom is 0.274 e. The number of nitrogens with one attached hydrogen (secondary N) is 1. The van der Waals surface area contributed by atoms with Crippen molar-refractivity contribution >= 4 is 26.8 Å². The van der Waals surface area contributed by atoms with Crippen molar-refractivity contribution in [2.24, 2.45) is 18.1 Å². The van der Waals surface area contributed by atoms with E-state index in [2.05, 4.69) is 53.4 Å². The summed E-state index contributed by atoms with van der Waals surface area (Å²) in [7, 11) is -1.49. The Morgan fingerprint density at radius 2 is 1.91 bits per heavy atom. The van der Waals surface area contributed by atoms with E-state index in [0.29, 0.717) is 12.5 Å². The van der Waals surface area contributed by atoms with E-state index in [1.54, 1.807) is 0 Å². The van der Waals surface area contributed by atoms with Gasteiger partial charge in [-0.25, -0.2) is 9.86 Å². The van der Waals surface area contributed by atoms with Gasteiger partial charge in [0.1, 0.15) is 0 Å². The molecule has 126 valence electrons. The van der Waals surface area contributed by atoms with Crippen LogP contribution < -0.4 is 14.8 Å². The summed E-state index contributed by atoms with van der Waals surface area (Å²) >= 11 is 0. The van der Waals surface area contributed by atoms with E-state index < -0.39 is 10.2 Å².